The molecule has 0 radical (unpaired) electrons. The van der Waals surface area contributed by atoms with Crippen molar-refractivity contribution in [2.45, 2.75) is 0 Å². The fourth-order valence-electron chi connectivity index (χ4n) is 2.33. The van der Waals surface area contributed by atoms with Gasteiger partial charge in [0.15, 0.2) is 0 Å². The standard InChI is InChI=1S/C19H23ClN2O3/c1-24-12-10-22(11-13-25-2)19(23)21-18-8-6-15(7-9-18)16-4-3-5-17(20)14-16/h3-9,14H,10-13H2,1-2H3,(H,21,23). The number of carbonyl (C=O) groups excluding carboxylic acids is 1. The third-order valence-electron chi connectivity index (χ3n) is 3.71. The molecule has 0 spiro atoms. The van der Waals surface area contributed by atoms with E-state index in [4.69, 9.17) is 21.1 Å². The minimum atomic E-state index is -0.176. The molecule has 2 aromatic rings. The van der Waals surface area contributed by atoms with Gasteiger partial charge < -0.3 is 19.7 Å². The van der Waals surface area contributed by atoms with Gasteiger partial charge in [0.25, 0.3) is 0 Å². The molecule has 0 saturated heterocycles. The predicted octanol–water partition coefficient (Wildman–Crippen LogP) is 4.13. The normalized spacial score (nSPS) is 10.5. The largest absolute Gasteiger partial charge is 0.383 e. The summed E-state index contributed by atoms with van der Waals surface area (Å²) in [5, 5.41) is 3.60. The van der Waals surface area contributed by atoms with Crippen molar-refractivity contribution in [2.24, 2.45) is 0 Å². The van der Waals surface area contributed by atoms with Crippen LogP contribution in [0, 0.1) is 0 Å². The molecular formula is C19H23ClN2O3. The molecule has 25 heavy (non-hydrogen) atoms. The van der Waals surface area contributed by atoms with Crippen molar-refractivity contribution >= 4 is 23.3 Å². The third kappa shape index (κ3) is 6.05. The molecule has 2 amide bonds. The summed E-state index contributed by atoms with van der Waals surface area (Å²) in [5.41, 5.74) is 2.80. The van der Waals surface area contributed by atoms with Crippen LogP contribution in [0.25, 0.3) is 11.1 Å². The Labute approximate surface area is 153 Å². The summed E-state index contributed by atoms with van der Waals surface area (Å²) in [5.74, 6) is 0. The fourth-order valence-corrected chi connectivity index (χ4v) is 2.52. The topological polar surface area (TPSA) is 50.8 Å². The lowest BCUT2D eigenvalue weighted by Gasteiger charge is -2.22. The van der Waals surface area contributed by atoms with Crippen molar-refractivity contribution in [3.63, 3.8) is 0 Å². The second-order valence-electron chi connectivity index (χ2n) is 5.49. The Kier molecular flexibility index (Phi) is 7.73. The van der Waals surface area contributed by atoms with Crippen LogP contribution < -0.4 is 5.32 Å². The number of hydrogen-bond donors (Lipinski definition) is 1. The molecule has 0 bridgehead atoms. The monoisotopic (exact) mass is 362 g/mol. The van der Waals surface area contributed by atoms with Crippen LogP contribution in [0.4, 0.5) is 10.5 Å². The summed E-state index contributed by atoms with van der Waals surface area (Å²) >= 11 is 6.03. The summed E-state index contributed by atoms with van der Waals surface area (Å²) < 4.78 is 10.1. The van der Waals surface area contributed by atoms with Crippen LogP contribution in [-0.2, 0) is 9.47 Å². The van der Waals surface area contributed by atoms with Crippen molar-refractivity contribution < 1.29 is 14.3 Å². The van der Waals surface area contributed by atoms with Crippen LogP contribution in [0.15, 0.2) is 48.5 Å². The smallest absolute Gasteiger partial charge is 0.321 e. The van der Waals surface area contributed by atoms with Crippen LogP contribution in [0.1, 0.15) is 0 Å². The fraction of sp³-hybridized carbons (Fsp3) is 0.316. The van der Waals surface area contributed by atoms with E-state index in [0.29, 0.717) is 31.3 Å². The van der Waals surface area contributed by atoms with E-state index < -0.39 is 0 Å². The number of urea groups is 1. The van der Waals surface area contributed by atoms with Gasteiger partial charge in [0.05, 0.1) is 13.2 Å². The van der Waals surface area contributed by atoms with E-state index in [1.54, 1.807) is 19.1 Å². The minimum Gasteiger partial charge on any atom is -0.383 e. The number of methoxy groups -OCH3 is 2. The summed E-state index contributed by atoms with van der Waals surface area (Å²) in [4.78, 5) is 14.1. The van der Waals surface area contributed by atoms with Crippen molar-refractivity contribution in [2.75, 3.05) is 45.8 Å². The number of amides is 2. The van der Waals surface area contributed by atoms with Crippen LogP contribution in [-0.4, -0.2) is 51.5 Å². The number of benzene rings is 2. The molecule has 2 aromatic carbocycles. The molecule has 0 heterocycles. The predicted molar refractivity (Wildman–Crippen MR) is 101 cm³/mol. The van der Waals surface area contributed by atoms with E-state index in [2.05, 4.69) is 5.32 Å². The highest BCUT2D eigenvalue weighted by Crippen LogP contribution is 2.24. The van der Waals surface area contributed by atoms with Gasteiger partial charge in [0.2, 0.25) is 0 Å². The van der Waals surface area contributed by atoms with Gasteiger partial charge in [-0.15, -0.1) is 0 Å². The molecule has 0 unspecified atom stereocenters. The quantitative estimate of drug-likeness (QED) is 0.768. The summed E-state index contributed by atoms with van der Waals surface area (Å²) in [6.07, 6.45) is 0. The van der Waals surface area contributed by atoms with Gasteiger partial charge >= 0.3 is 6.03 Å². The van der Waals surface area contributed by atoms with Crippen molar-refractivity contribution in [3.8, 4) is 11.1 Å². The van der Waals surface area contributed by atoms with E-state index in [-0.39, 0.29) is 6.03 Å². The lowest BCUT2D eigenvalue weighted by molar-refractivity contribution is 0.127. The minimum absolute atomic E-state index is 0.176. The van der Waals surface area contributed by atoms with Gasteiger partial charge in [-0.25, -0.2) is 4.79 Å². The first kappa shape index (κ1) is 19.2. The maximum atomic E-state index is 12.4. The number of hydrogen-bond acceptors (Lipinski definition) is 3. The van der Waals surface area contributed by atoms with Gasteiger partial charge in [-0.3, -0.25) is 0 Å². The second-order valence-corrected chi connectivity index (χ2v) is 5.93. The highest BCUT2D eigenvalue weighted by molar-refractivity contribution is 6.30. The first-order valence-corrected chi connectivity index (χ1v) is 8.41. The molecule has 134 valence electrons. The molecule has 5 nitrogen and oxygen atoms in total. The van der Waals surface area contributed by atoms with Crippen LogP contribution in [0.3, 0.4) is 0 Å². The number of carbonyl (C=O) groups is 1. The molecular weight excluding hydrogens is 340 g/mol. The zero-order chi connectivity index (χ0) is 18.1. The Morgan fingerprint density at radius 1 is 1.00 bits per heavy atom. The zero-order valence-corrected chi connectivity index (χ0v) is 15.3. The van der Waals surface area contributed by atoms with E-state index in [0.717, 1.165) is 16.8 Å². The van der Waals surface area contributed by atoms with Crippen LogP contribution >= 0.6 is 11.6 Å². The van der Waals surface area contributed by atoms with Gasteiger partial charge in [-0.05, 0) is 35.4 Å². The molecule has 0 aromatic heterocycles. The number of rotatable bonds is 8. The van der Waals surface area contributed by atoms with Crippen LogP contribution in [0.2, 0.25) is 5.02 Å². The number of ether oxygens (including phenoxy) is 2. The SMILES string of the molecule is COCCN(CCOC)C(=O)Nc1ccc(-c2cccc(Cl)c2)cc1. The lowest BCUT2D eigenvalue weighted by atomic mass is 10.1. The van der Waals surface area contributed by atoms with E-state index in [1.165, 1.54) is 0 Å². The molecule has 0 atom stereocenters. The average molecular weight is 363 g/mol. The molecule has 1 N–H and O–H groups in total. The van der Waals surface area contributed by atoms with Gasteiger partial charge in [0, 0.05) is 38.0 Å². The number of nitrogens with one attached hydrogen (secondary N) is 1. The van der Waals surface area contributed by atoms with Gasteiger partial charge in [0.1, 0.15) is 0 Å². The lowest BCUT2D eigenvalue weighted by Crippen LogP contribution is -2.39. The molecule has 0 fully saturated rings. The highest BCUT2D eigenvalue weighted by atomic mass is 35.5. The molecule has 0 aliphatic heterocycles. The van der Waals surface area contributed by atoms with Gasteiger partial charge in [-0.1, -0.05) is 35.9 Å². The Morgan fingerprint density at radius 3 is 2.20 bits per heavy atom. The summed E-state index contributed by atoms with van der Waals surface area (Å²) in [6.45, 7) is 1.97. The van der Waals surface area contributed by atoms with Crippen molar-refractivity contribution in [3.05, 3.63) is 53.6 Å². The van der Waals surface area contributed by atoms with E-state index in [9.17, 15) is 4.79 Å². The van der Waals surface area contributed by atoms with Crippen molar-refractivity contribution in [1.82, 2.24) is 4.90 Å². The highest BCUT2D eigenvalue weighted by Gasteiger charge is 2.13. The summed E-state index contributed by atoms with van der Waals surface area (Å²) in [7, 11) is 3.22. The van der Waals surface area contributed by atoms with Crippen LogP contribution in [0.5, 0.6) is 0 Å². The Balaban J connectivity index is 2.02. The Hall–Kier alpha value is -2.08. The number of halogens is 1. The first-order valence-electron chi connectivity index (χ1n) is 8.04. The number of nitrogens with zero attached hydrogens (tertiary/aromatic N) is 1. The zero-order valence-electron chi connectivity index (χ0n) is 14.5. The number of anilines is 1. The average Bonchev–Trinajstić information content (AvgIpc) is 2.62. The molecule has 0 aliphatic carbocycles. The summed E-state index contributed by atoms with van der Waals surface area (Å²) in [6, 6.07) is 15.1. The first-order chi connectivity index (χ1) is 12.1. The maximum absolute atomic E-state index is 12.4. The van der Waals surface area contributed by atoms with E-state index in [1.807, 2.05) is 48.5 Å². The molecule has 0 aliphatic rings. The maximum Gasteiger partial charge on any atom is 0.321 e. The van der Waals surface area contributed by atoms with E-state index >= 15 is 0 Å². The van der Waals surface area contributed by atoms with Crippen molar-refractivity contribution in [1.29, 1.82) is 0 Å². The third-order valence-corrected chi connectivity index (χ3v) is 3.95. The van der Waals surface area contributed by atoms with Gasteiger partial charge in [-0.2, -0.15) is 0 Å². The Bertz CT molecular complexity index is 669. The second kappa shape index (κ2) is 10.0. The Morgan fingerprint density at radius 2 is 1.64 bits per heavy atom. The molecule has 6 heteroatoms. The molecule has 2 rings (SSSR count). The molecule has 0 saturated carbocycles.